The highest BCUT2D eigenvalue weighted by molar-refractivity contribution is 6.21. The Balaban J connectivity index is 2.00. The Morgan fingerprint density at radius 1 is 1.11 bits per heavy atom. The predicted octanol–water partition coefficient (Wildman–Crippen LogP) is 2.95. The van der Waals surface area contributed by atoms with Crippen LogP contribution in [-0.2, 0) is 11.2 Å². The van der Waals surface area contributed by atoms with Crippen molar-refractivity contribution in [1.29, 1.82) is 0 Å². The lowest BCUT2D eigenvalue weighted by Gasteiger charge is -2.14. The van der Waals surface area contributed by atoms with E-state index < -0.39 is 0 Å². The van der Waals surface area contributed by atoms with Crippen molar-refractivity contribution >= 4 is 11.6 Å². The monoisotopic (exact) mass is 268 g/mol. The maximum absolute atomic E-state index is 6.34. The van der Waals surface area contributed by atoms with Crippen LogP contribution in [-0.4, -0.2) is 26.4 Å². The lowest BCUT2D eigenvalue weighted by atomic mass is 10.0. The molecule has 4 heteroatoms. The van der Waals surface area contributed by atoms with Gasteiger partial charge >= 0.3 is 0 Å². The highest BCUT2D eigenvalue weighted by Gasteiger charge is 2.22. The molecule has 0 aromatic heterocycles. The maximum Gasteiger partial charge on any atom is 0.161 e. The van der Waals surface area contributed by atoms with Gasteiger partial charge in [-0.2, -0.15) is 0 Å². The first-order valence-corrected chi connectivity index (χ1v) is 6.82. The number of ether oxygens (including phenoxy) is 3. The molecule has 18 heavy (non-hydrogen) atoms. The fourth-order valence-electron chi connectivity index (χ4n) is 2.32. The molecule has 0 bridgehead atoms. The largest absolute Gasteiger partial charge is 0.489 e. The molecular formula is C14H17ClO3. The molecule has 2 unspecified atom stereocenters. The van der Waals surface area contributed by atoms with Crippen LogP contribution in [0.2, 0.25) is 0 Å². The summed E-state index contributed by atoms with van der Waals surface area (Å²) in [5.41, 5.74) is 2.33. The van der Waals surface area contributed by atoms with Crippen molar-refractivity contribution in [2.45, 2.75) is 18.7 Å². The smallest absolute Gasteiger partial charge is 0.161 e. The third kappa shape index (κ3) is 2.29. The van der Waals surface area contributed by atoms with Crippen LogP contribution in [0, 0.1) is 5.92 Å². The molecule has 2 atom stereocenters. The van der Waals surface area contributed by atoms with Gasteiger partial charge in [-0.1, -0.05) is 6.92 Å². The molecule has 1 aromatic rings. The molecule has 0 saturated carbocycles. The second-order valence-corrected chi connectivity index (χ2v) is 5.54. The van der Waals surface area contributed by atoms with Crippen LogP contribution < -0.4 is 9.47 Å². The van der Waals surface area contributed by atoms with Crippen molar-refractivity contribution in [3.05, 3.63) is 23.3 Å². The van der Waals surface area contributed by atoms with Crippen molar-refractivity contribution in [2.24, 2.45) is 5.92 Å². The van der Waals surface area contributed by atoms with E-state index in [9.17, 15) is 0 Å². The molecule has 3 rings (SSSR count). The minimum absolute atomic E-state index is 0.0999. The maximum atomic E-state index is 6.34. The number of hydrogen-bond donors (Lipinski definition) is 0. The summed E-state index contributed by atoms with van der Waals surface area (Å²) < 4.78 is 17.1. The second-order valence-electron chi connectivity index (χ2n) is 5.02. The first-order valence-electron chi connectivity index (χ1n) is 6.38. The molecule has 2 aliphatic heterocycles. The summed E-state index contributed by atoms with van der Waals surface area (Å²) in [6.07, 6.45) is 0.880. The molecule has 3 nitrogen and oxygen atoms in total. The minimum Gasteiger partial charge on any atom is -0.489 e. The zero-order chi connectivity index (χ0) is 12.5. The van der Waals surface area contributed by atoms with E-state index in [0.29, 0.717) is 32.3 Å². The van der Waals surface area contributed by atoms with Gasteiger partial charge in [0.2, 0.25) is 0 Å². The third-order valence-corrected chi connectivity index (χ3v) is 3.73. The van der Waals surface area contributed by atoms with E-state index in [1.807, 2.05) is 6.07 Å². The Morgan fingerprint density at radius 2 is 1.83 bits per heavy atom. The average molecular weight is 269 g/mol. The number of alkyl halides is 1. The molecule has 0 fully saturated rings. The van der Waals surface area contributed by atoms with E-state index in [0.717, 1.165) is 23.5 Å². The quantitative estimate of drug-likeness (QED) is 0.677. The van der Waals surface area contributed by atoms with Gasteiger partial charge in [-0.3, -0.25) is 0 Å². The fraction of sp³-hybridized carbons (Fsp3) is 0.571. The molecule has 0 aliphatic carbocycles. The van der Waals surface area contributed by atoms with Gasteiger partial charge in [0.15, 0.2) is 11.5 Å². The number of hydrogen-bond acceptors (Lipinski definition) is 3. The van der Waals surface area contributed by atoms with Crippen molar-refractivity contribution in [3.8, 4) is 11.5 Å². The van der Waals surface area contributed by atoms with Gasteiger partial charge in [-0.15, -0.1) is 11.6 Å². The van der Waals surface area contributed by atoms with Crippen molar-refractivity contribution in [3.63, 3.8) is 0 Å². The highest BCUT2D eigenvalue weighted by atomic mass is 35.5. The molecular weight excluding hydrogens is 252 g/mol. The van der Waals surface area contributed by atoms with Gasteiger partial charge < -0.3 is 14.2 Å². The standard InChI is InChI=1S/C14H17ClO3/c1-9-6-17-13-4-10-2-3-16-8-12(15)11(10)5-14(13)18-7-9/h4-5,9,12H,2-3,6-8H2,1H3. The minimum atomic E-state index is -0.0999. The van der Waals surface area contributed by atoms with E-state index in [1.165, 1.54) is 5.56 Å². The van der Waals surface area contributed by atoms with Gasteiger partial charge in [-0.05, 0) is 29.7 Å². The van der Waals surface area contributed by atoms with Gasteiger partial charge in [0.1, 0.15) is 0 Å². The Morgan fingerprint density at radius 3 is 2.61 bits per heavy atom. The van der Waals surface area contributed by atoms with Crippen LogP contribution in [0.25, 0.3) is 0 Å². The summed E-state index contributed by atoms with van der Waals surface area (Å²) >= 11 is 6.34. The molecule has 0 radical (unpaired) electrons. The summed E-state index contributed by atoms with van der Waals surface area (Å²) in [6.45, 7) is 4.79. The van der Waals surface area contributed by atoms with E-state index in [2.05, 4.69) is 13.0 Å². The van der Waals surface area contributed by atoms with Gasteiger partial charge in [-0.25, -0.2) is 0 Å². The van der Waals surface area contributed by atoms with Crippen LogP contribution in [0.15, 0.2) is 12.1 Å². The van der Waals surface area contributed by atoms with Gasteiger partial charge in [0, 0.05) is 5.92 Å². The molecule has 0 N–H and O–H groups in total. The second kappa shape index (κ2) is 4.98. The molecule has 2 heterocycles. The van der Waals surface area contributed by atoms with Crippen molar-refractivity contribution < 1.29 is 14.2 Å². The normalized spacial score (nSPS) is 27.0. The highest BCUT2D eigenvalue weighted by Crippen LogP contribution is 2.38. The first kappa shape index (κ1) is 12.1. The Hall–Kier alpha value is -0.930. The van der Waals surface area contributed by atoms with E-state index in [1.54, 1.807) is 0 Å². The molecule has 0 amide bonds. The van der Waals surface area contributed by atoms with Crippen LogP contribution in [0.4, 0.5) is 0 Å². The van der Waals surface area contributed by atoms with Crippen molar-refractivity contribution in [1.82, 2.24) is 0 Å². The summed E-state index contributed by atoms with van der Waals surface area (Å²) in [7, 11) is 0. The third-order valence-electron chi connectivity index (χ3n) is 3.37. The first-order chi connectivity index (χ1) is 8.74. The summed E-state index contributed by atoms with van der Waals surface area (Å²) in [5, 5.41) is -0.0999. The average Bonchev–Trinajstić information content (AvgIpc) is 2.66. The lowest BCUT2D eigenvalue weighted by molar-refractivity contribution is 0.143. The van der Waals surface area contributed by atoms with Gasteiger partial charge in [0.25, 0.3) is 0 Å². The topological polar surface area (TPSA) is 27.7 Å². The predicted molar refractivity (Wildman–Crippen MR) is 69.7 cm³/mol. The van der Waals surface area contributed by atoms with Gasteiger partial charge in [0.05, 0.1) is 31.8 Å². The van der Waals surface area contributed by atoms with E-state index >= 15 is 0 Å². The van der Waals surface area contributed by atoms with Crippen LogP contribution in [0.1, 0.15) is 23.4 Å². The molecule has 0 spiro atoms. The van der Waals surface area contributed by atoms with Crippen LogP contribution in [0.5, 0.6) is 11.5 Å². The Kier molecular flexibility index (Phi) is 3.35. The van der Waals surface area contributed by atoms with E-state index in [4.69, 9.17) is 25.8 Å². The zero-order valence-electron chi connectivity index (χ0n) is 10.4. The lowest BCUT2D eigenvalue weighted by Crippen LogP contribution is -2.12. The van der Waals surface area contributed by atoms with Crippen LogP contribution >= 0.6 is 11.6 Å². The zero-order valence-corrected chi connectivity index (χ0v) is 11.2. The summed E-state index contributed by atoms with van der Waals surface area (Å²) in [5.74, 6) is 2.06. The molecule has 98 valence electrons. The van der Waals surface area contributed by atoms with E-state index in [-0.39, 0.29) is 5.38 Å². The summed E-state index contributed by atoms with van der Waals surface area (Å²) in [6, 6.07) is 4.09. The number of rotatable bonds is 0. The van der Waals surface area contributed by atoms with Crippen LogP contribution in [0.3, 0.4) is 0 Å². The molecule has 1 aromatic carbocycles. The molecule has 2 aliphatic rings. The Labute approximate surface area is 112 Å². The fourth-order valence-corrected chi connectivity index (χ4v) is 2.61. The number of benzene rings is 1. The SMILES string of the molecule is CC1COc2cc3c(cc2OC1)C(Cl)COCC3. The number of halogens is 1. The Bertz CT molecular complexity index is 447. The number of fused-ring (bicyclic) bond motifs is 2. The van der Waals surface area contributed by atoms with Crippen molar-refractivity contribution in [2.75, 3.05) is 26.4 Å². The molecule has 0 saturated heterocycles. The summed E-state index contributed by atoms with van der Waals surface area (Å²) in [4.78, 5) is 0.